The second kappa shape index (κ2) is 5.67. The highest BCUT2D eigenvalue weighted by Crippen LogP contribution is 2.37. The average molecular weight is 346 g/mol. The number of fused-ring (bicyclic) bond motifs is 1. The molecule has 6 heteroatoms. The van der Waals surface area contributed by atoms with Crippen LogP contribution < -0.4 is 4.90 Å². The number of halogens is 5. The lowest BCUT2D eigenvalue weighted by molar-refractivity contribution is -0.137. The van der Waals surface area contributed by atoms with Crippen molar-refractivity contribution in [1.82, 2.24) is 0 Å². The van der Waals surface area contributed by atoms with E-state index in [-0.39, 0.29) is 5.02 Å². The lowest BCUT2D eigenvalue weighted by Gasteiger charge is -2.31. The van der Waals surface area contributed by atoms with Crippen LogP contribution in [0.2, 0.25) is 10.0 Å². The van der Waals surface area contributed by atoms with Gasteiger partial charge < -0.3 is 4.90 Å². The van der Waals surface area contributed by atoms with E-state index in [0.717, 1.165) is 28.6 Å². The Kier molecular flexibility index (Phi) is 4.00. The van der Waals surface area contributed by atoms with E-state index in [1.54, 1.807) is 0 Å². The molecule has 0 amide bonds. The van der Waals surface area contributed by atoms with Crippen molar-refractivity contribution in [3.8, 4) is 0 Å². The van der Waals surface area contributed by atoms with Gasteiger partial charge >= 0.3 is 6.18 Å². The molecule has 0 aromatic heterocycles. The molecule has 0 unspecified atom stereocenters. The molecule has 0 spiro atoms. The summed E-state index contributed by atoms with van der Waals surface area (Å²) >= 11 is 12.0. The highest BCUT2D eigenvalue weighted by molar-refractivity contribution is 6.32. The van der Waals surface area contributed by atoms with Gasteiger partial charge in [-0.3, -0.25) is 0 Å². The Balaban J connectivity index is 1.89. The maximum absolute atomic E-state index is 12.8. The molecule has 1 heterocycles. The van der Waals surface area contributed by atoms with Gasteiger partial charge in [-0.05, 0) is 41.8 Å². The number of rotatable bonds is 1. The molecule has 0 fully saturated rings. The van der Waals surface area contributed by atoms with Gasteiger partial charge in [-0.2, -0.15) is 13.2 Å². The standard InChI is InChI=1S/C16H12Cl2F3N/c17-14-3-1-2-10-9-22(7-6-12(10)14)11-4-5-13(15(18)8-11)16(19,20)21/h1-5,8H,6-7,9H2. The van der Waals surface area contributed by atoms with Crippen LogP contribution in [0.15, 0.2) is 36.4 Å². The first-order valence-corrected chi connectivity index (χ1v) is 7.50. The van der Waals surface area contributed by atoms with Crippen LogP contribution in [0.5, 0.6) is 0 Å². The minimum atomic E-state index is -4.43. The molecule has 116 valence electrons. The molecule has 1 aliphatic heterocycles. The zero-order valence-electron chi connectivity index (χ0n) is 11.4. The number of alkyl halides is 3. The third kappa shape index (κ3) is 2.90. The van der Waals surface area contributed by atoms with Gasteiger partial charge in [0.25, 0.3) is 0 Å². The van der Waals surface area contributed by atoms with Gasteiger partial charge in [0.15, 0.2) is 0 Å². The van der Waals surface area contributed by atoms with Gasteiger partial charge in [0, 0.05) is 23.8 Å². The van der Waals surface area contributed by atoms with E-state index in [1.807, 2.05) is 23.1 Å². The molecule has 0 atom stereocenters. The van der Waals surface area contributed by atoms with Crippen molar-refractivity contribution in [2.45, 2.75) is 19.1 Å². The zero-order chi connectivity index (χ0) is 15.9. The van der Waals surface area contributed by atoms with Crippen LogP contribution in [0, 0.1) is 0 Å². The molecule has 0 N–H and O–H groups in total. The molecule has 0 bridgehead atoms. The minimum absolute atomic E-state index is 0.276. The van der Waals surface area contributed by atoms with Gasteiger partial charge in [-0.25, -0.2) is 0 Å². The summed E-state index contributed by atoms with van der Waals surface area (Å²) in [6.45, 7) is 1.30. The van der Waals surface area contributed by atoms with E-state index < -0.39 is 11.7 Å². The van der Waals surface area contributed by atoms with E-state index >= 15 is 0 Å². The number of anilines is 1. The molecular weight excluding hydrogens is 334 g/mol. The second-order valence-electron chi connectivity index (χ2n) is 5.21. The fraction of sp³-hybridized carbons (Fsp3) is 0.250. The second-order valence-corrected chi connectivity index (χ2v) is 6.03. The lowest BCUT2D eigenvalue weighted by atomic mass is 9.99. The average Bonchev–Trinajstić information content (AvgIpc) is 2.45. The maximum Gasteiger partial charge on any atom is 0.417 e. The molecule has 3 rings (SSSR count). The Morgan fingerprint density at radius 1 is 1.00 bits per heavy atom. The monoisotopic (exact) mass is 345 g/mol. The van der Waals surface area contributed by atoms with Gasteiger partial charge in [0.2, 0.25) is 0 Å². The predicted molar refractivity (Wildman–Crippen MR) is 82.7 cm³/mol. The molecule has 0 saturated heterocycles. The predicted octanol–water partition coefficient (Wildman–Crippen LogP) is 5.57. The van der Waals surface area contributed by atoms with E-state index in [2.05, 4.69) is 0 Å². The van der Waals surface area contributed by atoms with Crippen molar-refractivity contribution in [1.29, 1.82) is 0 Å². The summed E-state index contributed by atoms with van der Waals surface area (Å²) in [5.74, 6) is 0. The maximum atomic E-state index is 12.8. The van der Waals surface area contributed by atoms with Crippen LogP contribution >= 0.6 is 23.2 Å². The SMILES string of the molecule is FC(F)(F)c1ccc(N2CCc3c(Cl)cccc3C2)cc1Cl. The third-order valence-corrected chi connectivity index (χ3v) is 4.50. The summed E-state index contributed by atoms with van der Waals surface area (Å²) < 4.78 is 38.3. The van der Waals surface area contributed by atoms with Crippen molar-refractivity contribution < 1.29 is 13.2 Å². The molecule has 1 nitrogen and oxygen atoms in total. The van der Waals surface area contributed by atoms with Crippen LogP contribution in [-0.2, 0) is 19.1 Å². The Labute approximate surface area is 136 Å². The Hall–Kier alpha value is -1.39. The molecule has 22 heavy (non-hydrogen) atoms. The first-order valence-electron chi connectivity index (χ1n) is 6.74. The highest BCUT2D eigenvalue weighted by Gasteiger charge is 2.33. The number of benzene rings is 2. The molecule has 0 radical (unpaired) electrons. The van der Waals surface area contributed by atoms with E-state index in [9.17, 15) is 13.2 Å². The summed E-state index contributed by atoms with van der Waals surface area (Å²) in [4.78, 5) is 2.00. The van der Waals surface area contributed by atoms with E-state index in [0.29, 0.717) is 18.8 Å². The van der Waals surface area contributed by atoms with Crippen molar-refractivity contribution in [2.75, 3.05) is 11.4 Å². The zero-order valence-corrected chi connectivity index (χ0v) is 12.9. The normalized spacial score (nSPS) is 14.9. The van der Waals surface area contributed by atoms with Crippen molar-refractivity contribution >= 4 is 28.9 Å². The van der Waals surface area contributed by atoms with Crippen molar-refractivity contribution in [3.63, 3.8) is 0 Å². The fourth-order valence-corrected chi connectivity index (χ4v) is 3.28. The Morgan fingerprint density at radius 3 is 2.45 bits per heavy atom. The molecule has 2 aromatic carbocycles. The fourth-order valence-electron chi connectivity index (χ4n) is 2.71. The third-order valence-electron chi connectivity index (χ3n) is 3.83. The molecule has 1 aliphatic rings. The first kappa shape index (κ1) is 15.5. The van der Waals surface area contributed by atoms with Crippen LogP contribution in [0.1, 0.15) is 16.7 Å². The molecular formula is C16H12Cl2F3N. The van der Waals surface area contributed by atoms with Crippen LogP contribution in [0.3, 0.4) is 0 Å². The lowest BCUT2D eigenvalue weighted by Crippen LogP contribution is -2.30. The van der Waals surface area contributed by atoms with E-state index in [1.165, 1.54) is 12.1 Å². The summed E-state index contributed by atoms with van der Waals surface area (Å²) in [7, 11) is 0. The molecule has 0 saturated carbocycles. The number of hydrogen-bond donors (Lipinski definition) is 0. The summed E-state index contributed by atoms with van der Waals surface area (Å²) in [5, 5.41) is 0.462. The van der Waals surface area contributed by atoms with Gasteiger partial charge in [0.1, 0.15) is 0 Å². The summed E-state index contributed by atoms with van der Waals surface area (Å²) in [6, 6.07) is 9.59. The summed E-state index contributed by atoms with van der Waals surface area (Å²) in [6.07, 6.45) is -3.68. The largest absolute Gasteiger partial charge is 0.417 e. The van der Waals surface area contributed by atoms with E-state index in [4.69, 9.17) is 23.2 Å². The minimum Gasteiger partial charge on any atom is -0.367 e. The van der Waals surface area contributed by atoms with Crippen molar-refractivity contribution in [3.05, 3.63) is 63.1 Å². The quantitative estimate of drug-likeness (QED) is 0.652. The first-order chi connectivity index (χ1) is 10.4. The number of hydrogen-bond acceptors (Lipinski definition) is 1. The van der Waals surface area contributed by atoms with Crippen molar-refractivity contribution in [2.24, 2.45) is 0 Å². The number of nitrogens with zero attached hydrogens (tertiary/aromatic N) is 1. The van der Waals surface area contributed by atoms with Gasteiger partial charge in [-0.15, -0.1) is 0 Å². The topological polar surface area (TPSA) is 3.24 Å². The molecule has 0 aliphatic carbocycles. The Morgan fingerprint density at radius 2 is 1.77 bits per heavy atom. The van der Waals surface area contributed by atoms with Crippen LogP contribution in [-0.4, -0.2) is 6.54 Å². The Bertz CT molecular complexity index is 713. The molecule has 2 aromatic rings. The summed E-state index contributed by atoms with van der Waals surface area (Å²) in [5.41, 5.74) is 2.08. The van der Waals surface area contributed by atoms with Gasteiger partial charge in [0.05, 0.1) is 10.6 Å². The highest BCUT2D eigenvalue weighted by atomic mass is 35.5. The van der Waals surface area contributed by atoms with Crippen LogP contribution in [0.4, 0.5) is 18.9 Å². The van der Waals surface area contributed by atoms with Crippen LogP contribution in [0.25, 0.3) is 0 Å². The van der Waals surface area contributed by atoms with Gasteiger partial charge in [-0.1, -0.05) is 35.3 Å². The smallest absolute Gasteiger partial charge is 0.367 e.